The Balaban J connectivity index is 0.000000720. The van der Waals surface area contributed by atoms with Gasteiger partial charge in [0.1, 0.15) is 0 Å². The van der Waals surface area contributed by atoms with E-state index in [1.54, 1.807) is 6.07 Å². The molecule has 0 bridgehead atoms. The SMILES string of the molecule is Cc1cc(=O)n2[nH]nnc2c1.[H-].[Na+]. The maximum atomic E-state index is 11.1. The monoisotopic (exact) mass is 174 g/mol. The third kappa shape index (κ3) is 1.43. The minimum absolute atomic E-state index is 0. The Morgan fingerprint density at radius 1 is 1.58 bits per heavy atom. The molecule has 2 heterocycles. The second kappa shape index (κ2) is 3.38. The van der Waals surface area contributed by atoms with Gasteiger partial charge in [-0.1, -0.05) is 5.21 Å². The zero-order chi connectivity index (χ0) is 7.84. The number of hydrogen-bond acceptors (Lipinski definition) is 3. The second-order valence-corrected chi connectivity index (χ2v) is 2.36. The Morgan fingerprint density at radius 3 is 3.08 bits per heavy atom. The molecule has 0 aliphatic rings. The summed E-state index contributed by atoms with van der Waals surface area (Å²) >= 11 is 0. The molecule has 0 saturated carbocycles. The Kier molecular flexibility index (Phi) is 2.66. The number of rotatable bonds is 0. The van der Waals surface area contributed by atoms with Crippen LogP contribution in [-0.2, 0) is 0 Å². The fourth-order valence-electron chi connectivity index (χ4n) is 0.974. The third-order valence-electron chi connectivity index (χ3n) is 1.45. The fourth-order valence-corrected chi connectivity index (χ4v) is 0.974. The molecule has 0 radical (unpaired) electrons. The molecule has 0 spiro atoms. The van der Waals surface area contributed by atoms with Gasteiger partial charge in [-0.3, -0.25) is 4.79 Å². The molecule has 58 valence electrons. The second-order valence-electron chi connectivity index (χ2n) is 2.36. The standard InChI is InChI=1S/C6H6N4O.Na.H/c1-4-2-5-7-8-9-10(5)6(11)3-4;;/h2-3H,1H3,(H,7,9);;/q;+1;-1. The van der Waals surface area contributed by atoms with E-state index in [9.17, 15) is 4.79 Å². The quantitative estimate of drug-likeness (QED) is 0.429. The van der Waals surface area contributed by atoms with Crippen molar-refractivity contribution < 1.29 is 31.0 Å². The van der Waals surface area contributed by atoms with Gasteiger partial charge < -0.3 is 1.43 Å². The number of aryl methyl sites for hydroxylation is 1. The van der Waals surface area contributed by atoms with Crippen LogP contribution in [0.1, 0.15) is 6.99 Å². The van der Waals surface area contributed by atoms with Crippen molar-refractivity contribution in [2.24, 2.45) is 0 Å². The molecule has 6 heteroatoms. The molecular weight excluding hydrogens is 167 g/mol. The predicted octanol–water partition coefficient (Wildman–Crippen LogP) is -3.16. The number of nitrogens with zero attached hydrogens (tertiary/aromatic N) is 3. The Hall–Kier alpha value is -0.650. The van der Waals surface area contributed by atoms with Gasteiger partial charge >= 0.3 is 29.6 Å². The van der Waals surface area contributed by atoms with E-state index in [1.807, 2.05) is 6.92 Å². The van der Waals surface area contributed by atoms with Crippen LogP contribution in [0.2, 0.25) is 0 Å². The Bertz CT molecular complexity index is 451. The van der Waals surface area contributed by atoms with Crippen molar-refractivity contribution in [2.75, 3.05) is 0 Å². The summed E-state index contributed by atoms with van der Waals surface area (Å²) in [4.78, 5) is 11.1. The molecule has 12 heavy (non-hydrogen) atoms. The molecule has 2 rings (SSSR count). The first-order chi connectivity index (χ1) is 5.27. The molecule has 0 atom stereocenters. The van der Waals surface area contributed by atoms with E-state index in [2.05, 4.69) is 15.5 Å². The van der Waals surface area contributed by atoms with Crippen LogP contribution in [0.4, 0.5) is 0 Å². The third-order valence-corrected chi connectivity index (χ3v) is 1.45. The molecule has 0 unspecified atom stereocenters. The summed E-state index contributed by atoms with van der Waals surface area (Å²) in [6, 6.07) is 3.30. The molecule has 5 nitrogen and oxygen atoms in total. The van der Waals surface area contributed by atoms with Gasteiger partial charge in [0.05, 0.1) is 0 Å². The summed E-state index contributed by atoms with van der Waals surface area (Å²) in [5.74, 6) is 0. The minimum atomic E-state index is -0.134. The zero-order valence-electron chi connectivity index (χ0n) is 7.90. The predicted molar refractivity (Wildman–Crippen MR) is 39.5 cm³/mol. The maximum Gasteiger partial charge on any atom is 1.00 e. The summed E-state index contributed by atoms with van der Waals surface area (Å²) in [6.07, 6.45) is 0. The summed E-state index contributed by atoms with van der Waals surface area (Å²) < 4.78 is 1.28. The summed E-state index contributed by atoms with van der Waals surface area (Å²) in [5, 5.41) is 9.65. The number of aromatic nitrogens is 4. The number of H-pyrrole nitrogens is 1. The number of fused-ring (bicyclic) bond motifs is 1. The van der Waals surface area contributed by atoms with Crippen molar-refractivity contribution in [3.8, 4) is 0 Å². The largest absolute Gasteiger partial charge is 1.00 e. The molecule has 0 aliphatic carbocycles. The van der Waals surface area contributed by atoms with E-state index in [4.69, 9.17) is 0 Å². The van der Waals surface area contributed by atoms with Crippen molar-refractivity contribution in [2.45, 2.75) is 6.92 Å². The molecule has 0 aliphatic heterocycles. The normalized spacial score (nSPS) is 9.75. The van der Waals surface area contributed by atoms with Gasteiger partial charge in [0, 0.05) is 6.07 Å². The van der Waals surface area contributed by atoms with E-state index >= 15 is 0 Å². The maximum absolute atomic E-state index is 11.1. The van der Waals surface area contributed by atoms with Gasteiger partial charge in [0.2, 0.25) is 0 Å². The van der Waals surface area contributed by atoms with Crippen LogP contribution in [0.3, 0.4) is 0 Å². The van der Waals surface area contributed by atoms with E-state index in [0.717, 1.165) is 5.56 Å². The number of nitrogens with one attached hydrogen (secondary N) is 1. The number of tetrazole rings is 1. The summed E-state index contributed by atoms with van der Waals surface area (Å²) in [5.41, 5.74) is 1.31. The average Bonchev–Trinajstić information content (AvgIpc) is 2.34. The molecular formula is C6H7N4NaO. The van der Waals surface area contributed by atoms with Crippen molar-refractivity contribution in [3.05, 3.63) is 28.0 Å². The van der Waals surface area contributed by atoms with Crippen LogP contribution in [-0.4, -0.2) is 20.0 Å². The average molecular weight is 174 g/mol. The number of aromatic amines is 1. The van der Waals surface area contributed by atoms with E-state index in [-0.39, 0.29) is 36.5 Å². The van der Waals surface area contributed by atoms with Crippen LogP contribution in [0, 0.1) is 6.92 Å². The number of pyridine rings is 1. The van der Waals surface area contributed by atoms with Crippen LogP contribution in [0.15, 0.2) is 16.9 Å². The molecule has 1 N–H and O–H groups in total. The molecule has 0 aromatic carbocycles. The fraction of sp³-hybridized carbons (Fsp3) is 0.167. The first-order valence-electron chi connectivity index (χ1n) is 3.18. The van der Waals surface area contributed by atoms with Gasteiger partial charge in [-0.25, -0.2) is 0 Å². The van der Waals surface area contributed by atoms with Gasteiger partial charge in [-0.05, 0) is 18.6 Å². The van der Waals surface area contributed by atoms with E-state index in [1.165, 1.54) is 10.6 Å². The van der Waals surface area contributed by atoms with Gasteiger partial charge in [0.25, 0.3) is 5.56 Å². The topological polar surface area (TPSA) is 63.0 Å². The van der Waals surface area contributed by atoms with Crippen LogP contribution >= 0.6 is 0 Å². The minimum Gasteiger partial charge on any atom is -1.00 e. The molecule has 2 aromatic heterocycles. The van der Waals surface area contributed by atoms with Crippen molar-refractivity contribution in [3.63, 3.8) is 0 Å². The van der Waals surface area contributed by atoms with Crippen molar-refractivity contribution >= 4 is 5.65 Å². The molecule has 2 aromatic rings. The molecule has 0 fully saturated rings. The van der Waals surface area contributed by atoms with Crippen LogP contribution < -0.4 is 35.1 Å². The van der Waals surface area contributed by atoms with Crippen LogP contribution in [0.25, 0.3) is 5.65 Å². The van der Waals surface area contributed by atoms with Gasteiger partial charge in [0.15, 0.2) is 5.65 Å². The van der Waals surface area contributed by atoms with E-state index < -0.39 is 0 Å². The van der Waals surface area contributed by atoms with Gasteiger partial charge in [-0.15, -0.1) is 5.10 Å². The zero-order valence-corrected chi connectivity index (χ0v) is 8.90. The Morgan fingerprint density at radius 2 is 2.33 bits per heavy atom. The van der Waals surface area contributed by atoms with Crippen LogP contribution in [0.5, 0.6) is 0 Å². The van der Waals surface area contributed by atoms with Crippen molar-refractivity contribution in [1.82, 2.24) is 20.0 Å². The smallest absolute Gasteiger partial charge is 1.00 e. The van der Waals surface area contributed by atoms with Gasteiger partial charge in [-0.2, -0.15) is 9.73 Å². The molecule has 0 amide bonds. The summed E-state index contributed by atoms with van der Waals surface area (Å²) in [7, 11) is 0. The first-order valence-corrected chi connectivity index (χ1v) is 3.18. The summed E-state index contributed by atoms with van der Waals surface area (Å²) in [6.45, 7) is 1.84. The number of hydrogen-bond donors (Lipinski definition) is 1. The van der Waals surface area contributed by atoms with E-state index in [0.29, 0.717) is 5.65 Å². The van der Waals surface area contributed by atoms with Crippen molar-refractivity contribution in [1.29, 1.82) is 0 Å². The Labute approximate surface area is 91.5 Å². The first kappa shape index (κ1) is 9.44. The molecule has 0 saturated heterocycles.